The molecule has 1 aliphatic rings. The minimum absolute atomic E-state index is 0.362. The molecule has 4 N–H and O–H groups in total. The van der Waals surface area contributed by atoms with E-state index in [0.717, 1.165) is 12.5 Å². The van der Waals surface area contributed by atoms with Crippen LogP contribution in [0.25, 0.3) is 0 Å². The summed E-state index contributed by atoms with van der Waals surface area (Å²) in [5.74, 6) is 1.08. The molecule has 3 atom stereocenters. The highest BCUT2D eigenvalue weighted by Gasteiger charge is 2.22. The molecule has 1 fully saturated rings. The van der Waals surface area contributed by atoms with Gasteiger partial charge in [-0.15, -0.1) is 0 Å². The lowest BCUT2D eigenvalue weighted by Gasteiger charge is -2.16. The van der Waals surface area contributed by atoms with Crippen molar-refractivity contribution in [3.8, 4) is 0 Å². The molecule has 5 nitrogen and oxygen atoms in total. The summed E-state index contributed by atoms with van der Waals surface area (Å²) in [5, 5.41) is 5.19. The lowest BCUT2D eigenvalue weighted by atomic mass is 10.1. The van der Waals surface area contributed by atoms with E-state index in [2.05, 4.69) is 17.6 Å². The van der Waals surface area contributed by atoms with Crippen LogP contribution in [0.1, 0.15) is 33.1 Å². The zero-order chi connectivity index (χ0) is 12.1. The zero-order valence-electron chi connectivity index (χ0n) is 9.95. The van der Waals surface area contributed by atoms with Crippen LogP contribution < -0.4 is 16.4 Å². The van der Waals surface area contributed by atoms with Crippen LogP contribution in [-0.2, 0) is 4.79 Å². The van der Waals surface area contributed by atoms with E-state index in [-0.39, 0.29) is 11.9 Å². The third-order valence-corrected chi connectivity index (χ3v) is 3.16. The SMILES string of the molecule is CC1CCC(CNC(C)C(=O)NC(N)=O)C1. The van der Waals surface area contributed by atoms with Crippen LogP contribution in [0, 0.1) is 11.8 Å². The van der Waals surface area contributed by atoms with Crippen LogP contribution in [-0.4, -0.2) is 24.5 Å². The molecule has 16 heavy (non-hydrogen) atoms. The molecular formula is C11H21N3O2. The number of primary amides is 1. The molecule has 0 spiro atoms. The Morgan fingerprint density at radius 3 is 2.62 bits per heavy atom. The van der Waals surface area contributed by atoms with Gasteiger partial charge in [0.1, 0.15) is 0 Å². The molecule has 1 saturated carbocycles. The van der Waals surface area contributed by atoms with Crippen LogP contribution in [0.4, 0.5) is 4.79 Å². The monoisotopic (exact) mass is 227 g/mol. The number of rotatable bonds is 4. The molecule has 0 heterocycles. The number of amides is 3. The summed E-state index contributed by atoms with van der Waals surface area (Å²) in [6.07, 6.45) is 3.71. The second kappa shape index (κ2) is 5.84. The first-order valence-corrected chi connectivity index (χ1v) is 5.82. The van der Waals surface area contributed by atoms with Gasteiger partial charge in [0, 0.05) is 0 Å². The molecule has 0 aromatic carbocycles. The smallest absolute Gasteiger partial charge is 0.318 e. The van der Waals surface area contributed by atoms with E-state index in [1.165, 1.54) is 19.3 Å². The molecule has 0 aromatic heterocycles. The van der Waals surface area contributed by atoms with E-state index in [1.54, 1.807) is 6.92 Å². The minimum atomic E-state index is -0.798. The maximum atomic E-state index is 11.3. The molecule has 0 aromatic rings. The molecule has 1 rings (SSSR count). The molecule has 1 aliphatic carbocycles. The van der Waals surface area contributed by atoms with Crippen molar-refractivity contribution in [1.29, 1.82) is 0 Å². The maximum Gasteiger partial charge on any atom is 0.318 e. The number of imide groups is 1. The maximum absolute atomic E-state index is 11.3. The zero-order valence-corrected chi connectivity index (χ0v) is 9.95. The lowest BCUT2D eigenvalue weighted by Crippen LogP contribution is -2.47. The molecule has 0 bridgehead atoms. The van der Waals surface area contributed by atoms with Gasteiger partial charge in [0.05, 0.1) is 6.04 Å². The summed E-state index contributed by atoms with van der Waals surface area (Å²) in [6.45, 7) is 4.82. The van der Waals surface area contributed by atoms with Crippen molar-refractivity contribution in [3.63, 3.8) is 0 Å². The first-order chi connectivity index (χ1) is 7.49. The fourth-order valence-electron chi connectivity index (χ4n) is 2.18. The third-order valence-electron chi connectivity index (χ3n) is 3.16. The molecule has 0 aliphatic heterocycles. The van der Waals surface area contributed by atoms with Crippen molar-refractivity contribution in [2.75, 3.05) is 6.54 Å². The summed E-state index contributed by atoms with van der Waals surface area (Å²) < 4.78 is 0. The van der Waals surface area contributed by atoms with E-state index in [9.17, 15) is 9.59 Å². The van der Waals surface area contributed by atoms with Gasteiger partial charge in [-0.3, -0.25) is 10.1 Å². The lowest BCUT2D eigenvalue weighted by molar-refractivity contribution is -0.121. The molecule has 3 amide bonds. The van der Waals surface area contributed by atoms with Crippen LogP contribution in [0.15, 0.2) is 0 Å². The summed E-state index contributed by atoms with van der Waals surface area (Å²) >= 11 is 0. The topological polar surface area (TPSA) is 84.2 Å². The molecule has 3 unspecified atom stereocenters. The van der Waals surface area contributed by atoms with Gasteiger partial charge in [-0.1, -0.05) is 13.3 Å². The first-order valence-electron chi connectivity index (χ1n) is 5.82. The fourth-order valence-corrected chi connectivity index (χ4v) is 2.18. The number of urea groups is 1. The highest BCUT2D eigenvalue weighted by atomic mass is 16.2. The van der Waals surface area contributed by atoms with Crippen molar-refractivity contribution in [2.45, 2.75) is 39.2 Å². The van der Waals surface area contributed by atoms with Gasteiger partial charge in [0.15, 0.2) is 0 Å². The van der Waals surface area contributed by atoms with Gasteiger partial charge in [-0.05, 0) is 38.1 Å². The van der Waals surface area contributed by atoms with Crippen molar-refractivity contribution in [1.82, 2.24) is 10.6 Å². The average molecular weight is 227 g/mol. The number of carbonyl (C=O) groups excluding carboxylic acids is 2. The quantitative estimate of drug-likeness (QED) is 0.657. The van der Waals surface area contributed by atoms with Gasteiger partial charge < -0.3 is 11.1 Å². The van der Waals surface area contributed by atoms with Crippen LogP contribution in [0.3, 0.4) is 0 Å². The number of hydrogen-bond acceptors (Lipinski definition) is 3. The average Bonchev–Trinajstić information content (AvgIpc) is 2.59. The van der Waals surface area contributed by atoms with Crippen LogP contribution in [0.5, 0.6) is 0 Å². The number of nitrogens with two attached hydrogens (primary N) is 1. The highest BCUT2D eigenvalue weighted by Crippen LogP contribution is 2.29. The molecule has 0 radical (unpaired) electrons. The van der Waals surface area contributed by atoms with Gasteiger partial charge in [-0.25, -0.2) is 4.79 Å². The minimum Gasteiger partial charge on any atom is -0.351 e. The Balaban J connectivity index is 2.21. The summed E-state index contributed by atoms with van der Waals surface area (Å²) in [4.78, 5) is 21.8. The second-order valence-electron chi connectivity index (χ2n) is 4.77. The van der Waals surface area contributed by atoms with Crippen molar-refractivity contribution in [2.24, 2.45) is 17.6 Å². The standard InChI is InChI=1S/C11H21N3O2/c1-7-3-4-9(5-7)6-13-8(2)10(15)14-11(12)16/h7-9,13H,3-6H2,1-2H3,(H3,12,14,15,16). The molecule has 0 saturated heterocycles. The fraction of sp³-hybridized carbons (Fsp3) is 0.818. The van der Waals surface area contributed by atoms with Gasteiger partial charge in [0.25, 0.3) is 0 Å². The normalized spacial score (nSPS) is 26.4. The van der Waals surface area contributed by atoms with E-state index in [4.69, 9.17) is 5.73 Å². The Bertz CT molecular complexity index is 268. The van der Waals surface area contributed by atoms with Crippen molar-refractivity contribution in [3.05, 3.63) is 0 Å². The van der Waals surface area contributed by atoms with E-state index in [1.807, 2.05) is 0 Å². The Kier molecular flexibility index (Phi) is 4.73. The molecule has 92 valence electrons. The van der Waals surface area contributed by atoms with Gasteiger partial charge >= 0.3 is 6.03 Å². The third kappa shape index (κ3) is 4.18. The molecular weight excluding hydrogens is 206 g/mol. The Labute approximate surface area is 96.1 Å². The van der Waals surface area contributed by atoms with Crippen LogP contribution in [0.2, 0.25) is 0 Å². The van der Waals surface area contributed by atoms with Crippen LogP contribution >= 0.6 is 0 Å². The largest absolute Gasteiger partial charge is 0.351 e. The first kappa shape index (κ1) is 13.0. The summed E-state index contributed by atoms with van der Waals surface area (Å²) in [5.41, 5.74) is 4.87. The van der Waals surface area contributed by atoms with E-state index < -0.39 is 6.03 Å². The Morgan fingerprint density at radius 2 is 2.12 bits per heavy atom. The van der Waals surface area contributed by atoms with Crippen molar-refractivity contribution < 1.29 is 9.59 Å². The second-order valence-corrected chi connectivity index (χ2v) is 4.77. The number of hydrogen-bond donors (Lipinski definition) is 3. The summed E-state index contributed by atoms with van der Waals surface area (Å²) in [6, 6.07) is -1.17. The Morgan fingerprint density at radius 1 is 1.44 bits per heavy atom. The number of carbonyl (C=O) groups is 2. The predicted molar refractivity (Wildman–Crippen MR) is 61.7 cm³/mol. The van der Waals surface area contributed by atoms with Crippen molar-refractivity contribution >= 4 is 11.9 Å². The van der Waals surface area contributed by atoms with Gasteiger partial charge in [0.2, 0.25) is 5.91 Å². The predicted octanol–water partition coefficient (Wildman–Crippen LogP) is 0.596. The Hall–Kier alpha value is -1.10. The van der Waals surface area contributed by atoms with Gasteiger partial charge in [-0.2, -0.15) is 0 Å². The van der Waals surface area contributed by atoms with E-state index >= 15 is 0 Å². The molecule has 5 heteroatoms. The number of nitrogens with one attached hydrogen (secondary N) is 2. The highest BCUT2D eigenvalue weighted by molar-refractivity contribution is 5.96. The summed E-state index contributed by atoms with van der Waals surface area (Å²) in [7, 11) is 0. The van der Waals surface area contributed by atoms with E-state index in [0.29, 0.717) is 5.92 Å².